The minimum Gasteiger partial charge on any atom is -0.493 e. The van der Waals surface area contributed by atoms with Crippen LogP contribution in [-0.4, -0.2) is 39.7 Å². The van der Waals surface area contributed by atoms with Gasteiger partial charge < -0.3 is 18.9 Å². The number of hydrogen-bond donors (Lipinski definition) is 1. The smallest absolute Gasteiger partial charge is 0.427 e. The number of hydrazone groups is 1. The van der Waals surface area contributed by atoms with Crippen LogP contribution in [0.4, 0.5) is 4.79 Å². The molecule has 0 bridgehead atoms. The fourth-order valence-electron chi connectivity index (χ4n) is 2.54. The summed E-state index contributed by atoms with van der Waals surface area (Å²) >= 11 is 6.32. The van der Waals surface area contributed by atoms with Gasteiger partial charge in [0.15, 0.2) is 11.5 Å². The van der Waals surface area contributed by atoms with Crippen LogP contribution in [0.5, 0.6) is 17.2 Å². The Kier molecular flexibility index (Phi) is 8.61. The number of benzene rings is 2. The SMILES string of the molecule is COC(=O)N/N=C/c1cc(Cl)c(OCCCOc2ccc(C)cc2C)c(OC)c1. The Hall–Kier alpha value is -2.93. The van der Waals surface area contributed by atoms with Crippen molar-refractivity contribution in [1.82, 2.24) is 5.43 Å². The number of hydrogen-bond acceptors (Lipinski definition) is 6. The van der Waals surface area contributed by atoms with E-state index in [0.29, 0.717) is 41.7 Å². The maximum absolute atomic E-state index is 11.0. The molecule has 0 aliphatic heterocycles. The Bertz CT molecular complexity index is 870. The third kappa shape index (κ3) is 6.87. The van der Waals surface area contributed by atoms with Crippen molar-refractivity contribution in [3.8, 4) is 17.2 Å². The van der Waals surface area contributed by atoms with Crippen molar-refractivity contribution in [2.75, 3.05) is 27.4 Å². The van der Waals surface area contributed by atoms with Gasteiger partial charge in [0.25, 0.3) is 0 Å². The van der Waals surface area contributed by atoms with Gasteiger partial charge in [0.2, 0.25) is 0 Å². The molecule has 0 spiro atoms. The van der Waals surface area contributed by atoms with Crippen molar-refractivity contribution in [2.24, 2.45) is 5.10 Å². The average molecular weight is 421 g/mol. The molecule has 2 rings (SSSR count). The van der Waals surface area contributed by atoms with Gasteiger partial charge in [0, 0.05) is 6.42 Å². The molecule has 0 unspecified atom stereocenters. The molecule has 0 radical (unpaired) electrons. The van der Waals surface area contributed by atoms with Gasteiger partial charge in [-0.2, -0.15) is 5.10 Å². The first kappa shape index (κ1) is 22.4. The Morgan fingerprint density at radius 1 is 1.10 bits per heavy atom. The normalized spacial score (nSPS) is 10.7. The van der Waals surface area contributed by atoms with E-state index in [1.807, 2.05) is 19.1 Å². The zero-order chi connectivity index (χ0) is 21.2. The van der Waals surface area contributed by atoms with Crippen LogP contribution in [0.3, 0.4) is 0 Å². The number of carbonyl (C=O) groups is 1. The van der Waals surface area contributed by atoms with Crippen LogP contribution in [0.25, 0.3) is 0 Å². The van der Waals surface area contributed by atoms with E-state index in [0.717, 1.165) is 11.3 Å². The second-order valence-corrected chi connectivity index (χ2v) is 6.62. The minimum atomic E-state index is -0.665. The number of carbonyl (C=O) groups excluding carboxylic acids is 1. The molecular formula is C21H25ClN2O5. The average Bonchev–Trinajstić information content (AvgIpc) is 2.69. The maximum Gasteiger partial charge on any atom is 0.427 e. The lowest BCUT2D eigenvalue weighted by molar-refractivity contribution is 0.171. The highest BCUT2D eigenvalue weighted by molar-refractivity contribution is 6.32. The first-order valence-electron chi connectivity index (χ1n) is 9.02. The molecule has 8 heteroatoms. The lowest BCUT2D eigenvalue weighted by atomic mass is 10.1. The third-order valence-corrected chi connectivity index (χ3v) is 4.21. The number of methoxy groups -OCH3 is 2. The van der Waals surface area contributed by atoms with E-state index in [1.165, 1.54) is 26.0 Å². The fourth-order valence-corrected chi connectivity index (χ4v) is 2.81. The van der Waals surface area contributed by atoms with Gasteiger partial charge >= 0.3 is 6.09 Å². The molecule has 156 valence electrons. The maximum atomic E-state index is 11.0. The molecule has 2 aromatic carbocycles. The molecule has 0 saturated heterocycles. The lowest BCUT2D eigenvalue weighted by Crippen LogP contribution is -2.16. The van der Waals surface area contributed by atoms with Gasteiger partial charge in [-0.3, -0.25) is 0 Å². The van der Waals surface area contributed by atoms with Crippen LogP contribution in [0.2, 0.25) is 5.02 Å². The van der Waals surface area contributed by atoms with Crippen molar-refractivity contribution in [2.45, 2.75) is 20.3 Å². The molecule has 29 heavy (non-hydrogen) atoms. The fraction of sp³-hybridized carbons (Fsp3) is 0.333. The van der Waals surface area contributed by atoms with Crippen molar-refractivity contribution < 1.29 is 23.7 Å². The number of nitrogens with zero attached hydrogens (tertiary/aromatic N) is 1. The summed E-state index contributed by atoms with van der Waals surface area (Å²) in [5.74, 6) is 1.78. The molecule has 7 nitrogen and oxygen atoms in total. The number of nitrogens with one attached hydrogen (secondary N) is 1. The van der Waals surface area contributed by atoms with Crippen LogP contribution < -0.4 is 19.6 Å². The summed E-state index contributed by atoms with van der Waals surface area (Å²) < 4.78 is 21.4. The number of halogens is 1. The van der Waals surface area contributed by atoms with Gasteiger partial charge in [0.05, 0.1) is 38.7 Å². The predicted octanol–water partition coefficient (Wildman–Crippen LogP) is 4.50. The number of aryl methyl sites for hydroxylation is 2. The summed E-state index contributed by atoms with van der Waals surface area (Å²) in [6, 6.07) is 9.45. The van der Waals surface area contributed by atoms with Crippen LogP contribution in [-0.2, 0) is 4.74 Å². The van der Waals surface area contributed by atoms with E-state index < -0.39 is 6.09 Å². The van der Waals surface area contributed by atoms with E-state index in [2.05, 4.69) is 28.3 Å². The first-order chi connectivity index (χ1) is 13.9. The Morgan fingerprint density at radius 2 is 1.86 bits per heavy atom. The molecule has 1 amide bonds. The summed E-state index contributed by atoms with van der Waals surface area (Å²) in [7, 11) is 2.78. The second kappa shape index (κ2) is 11.2. The predicted molar refractivity (Wildman–Crippen MR) is 113 cm³/mol. The highest BCUT2D eigenvalue weighted by Crippen LogP contribution is 2.36. The van der Waals surface area contributed by atoms with E-state index in [9.17, 15) is 4.79 Å². The topological polar surface area (TPSA) is 78.4 Å². The molecule has 2 aromatic rings. The molecule has 0 aliphatic rings. The first-order valence-corrected chi connectivity index (χ1v) is 9.39. The summed E-state index contributed by atoms with van der Waals surface area (Å²) in [6.07, 6.45) is 1.44. The summed E-state index contributed by atoms with van der Waals surface area (Å²) in [4.78, 5) is 11.0. The monoisotopic (exact) mass is 420 g/mol. The van der Waals surface area contributed by atoms with Gasteiger partial charge in [-0.05, 0) is 43.2 Å². The largest absolute Gasteiger partial charge is 0.493 e. The molecule has 1 N–H and O–H groups in total. The van der Waals surface area contributed by atoms with Gasteiger partial charge in [0.1, 0.15) is 5.75 Å². The molecule has 0 aliphatic carbocycles. The van der Waals surface area contributed by atoms with Crippen LogP contribution in [0.1, 0.15) is 23.1 Å². The van der Waals surface area contributed by atoms with Crippen molar-refractivity contribution >= 4 is 23.9 Å². The van der Waals surface area contributed by atoms with E-state index >= 15 is 0 Å². The molecule has 0 heterocycles. The third-order valence-electron chi connectivity index (χ3n) is 3.93. The quantitative estimate of drug-likeness (QED) is 0.367. The van der Waals surface area contributed by atoms with Crippen molar-refractivity contribution in [1.29, 1.82) is 0 Å². The van der Waals surface area contributed by atoms with Gasteiger partial charge in [-0.1, -0.05) is 29.3 Å². The number of ether oxygens (including phenoxy) is 4. The minimum absolute atomic E-state index is 0.374. The summed E-state index contributed by atoms with van der Waals surface area (Å²) in [6.45, 7) is 5.01. The highest BCUT2D eigenvalue weighted by atomic mass is 35.5. The van der Waals surface area contributed by atoms with Crippen molar-refractivity contribution in [3.63, 3.8) is 0 Å². The summed E-state index contributed by atoms with van der Waals surface area (Å²) in [5, 5.41) is 4.14. The summed E-state index contributed by atoms with van der Waals surface area (Å²) in [5.41, 5.74) is 5.14. The molecule has 0 atom stereocenters. The highest BCUT2D eigenvalue weighted by Gasteiger charge is 2.12. The van der Waals surface area contributed by atoms with E-state index in [-0.39, 0.29) is 0 Å². The number of rotatable bonds is 9. The Balaban J connectivity index is 1.90. The standard InChI is InChI=1S/C21H25ClN2O5/c1-14-6-7-18(15(2)10-14)28-8-5-9-29-20-17(22)11-16(12-19(20)26-3)13-23-24-21(25)27-4/h6-7,10-13H,5,8-9H2,1-4H3,(H,24,25)/b23-13+. The Morgan fingerprint density at radius 3 is 2.55 bits per heavy atom. The Labute approximate surface area is 175 Å². The second-order valence-electron chi connectivity index (χ2n) is 6.22. The number of amides is 1. The van der Waals surface area contributed by atoms with Crippen LogP contribution in [0.15, 0.2) is 35.4 Å². The van der Waals surface area contributed by atoms with Crippen LogP contribution >= 0.6 is 11.6 Å². The van der Waals surface area contributed by atoms with Gasteiger partial charge in [-0.15, -0.1) is 0 Å². The molecule has 0 saturated carbocycles. The zero-order valence-electron chi connectivity index (χ0n) is 17.0. The molecular weight excluding hydrogens is 396 g/mol. The van der Waals surface area contributed by atoms with Crippen molar-refractivity contribution in [3.05, 3.63) is 52.0 Å². The molecule has 0 fully saturated rings. The van der Waals surface area contributed by atoms with E-state index in [1.54, 1.807) is 12.1 Å². The molecule has 0 aromatic heterocycles. The lowest BCUT2D eigenvalue weighted by Gasteiger charge is -2.14. The van der Waals surface area contributed by atoms with Crippen LogP contribution in [0, 0.1) is 13.8 Å². The zero-order valence-corrected chi connectivity index (χ0v) is 17.7. The van der Waals surface area contributed by atoms with E-state index in [4.69, 9.17) is 25.8 Å². The van der Waals surface area contributed by atoms with Gasteiger partial charge in [-0.25, -0.2) is 10.2 Å².